The fraction of sp³-hybridized carbons (Fsp3) is 0.476. The summed E-state index contributed by atoms with van der Waals surface area (Å²) in [6.45, 7) is 6.73. The van der Waals surface area contributed by atoms with Crippen molar-refractivity contribution in [2.24, 2.45) is 5.41 Å². The fourth-order valence-electron chi connectivity index (χ4n) is 4.12. The summed E-state index contributed by atoms with van der Waals surface area (Å²) in [5.74, 6) is 1.99. The standard InChI is InChI=1S/C21H27N3O2/c1-25-19-7-5-18(6-8-19)14-23-12-13-26-17-21(15-23)9-11-24(16-21)20-4-2-3-10-22-20/h2-8,10H,9,11-17H2,1H3/t21-/m1/s1. The average Bonchev–Trinajstić information content (AvgIpc) is 3.00. The largest absolute Gasteiger partial charge is 0.497 e. The number of pyridine rings is 1. The summed E-state index contributed by atoms with van der Waals surface area (Å²) in [5, 5.41) is 0. The first-order valence-corrected chi connectivity index (χ1v) is 9.35. The zero-order chi connectivity index (χ0) is 17.8. The molecule has 2 aliphatic rings. The molecule has 26 heavy (non-hydrogen) atoms. The van der Waals surface area contributed by atoms with Gasteiger partial charge in [-0.25, -0.2) is 4.98 Å². The smallest absolute Gasteiger partial charge is 0.128 e. The number of hydrogen-bond donors (Lipinski definition) is 0. The second kappa shape index (κ2) is 7.64. The van der Waals surface area contributed by atoms with Crippen molar-refractivity contribution in [3.8, 4) is 5.75 Å². The van der Waals surface area contributed by atoms with Crippen molar-refractivity contribution in [1.82, 2.24) is 9.88 Å². The lowest BCUT2D eigenvalue weighted by Gasteiger charge is -2.32. The number of rotatable bonds is 4. The van der Waals surface area contributed by atoms with Crippen LogP contribution in [-0.2, 0) is 11.3 Å². The van der Waals surface area contributed by atoms with Gasteiger partial charge in [0.1, 0.15) is 11.6 Å². The van der Waals surface area contributed by atoms with E-state index in [1.54, 1.807) is 7.11 Å². The van der Waals surface area contributed by atoms with Gasteiger partial charge in [0.15, 0.2) is 0 Å². The molecule has 0 amide bonds. The van der Waals surface area contributed by atoms with Crippen molar-refractivity contribution in [2.75, 3.05) is 51.4 Å². The first kappa shape index (κ1) is 17.3. The van der Waals surface area contributed by atoms with Gasteiger partial charge in [-0.15, -0.1) is 0 Å². The Balaban J connectivity index is 1.44. The Morgan fingerprint density at radius 1 is 1.12 bits per heavy atom. The highest BCUT2D eigenvalue weighted by Crippen LogP contribution is 2.35. The third-order valence-electron chi connectivity index (χ3n) is 5.50. The minimum absolute atomic E-state index is 0.195. The van der Waals surface area contributed by atoms with Crippen LogP contribution in [0.15, 0.2) is 48.7 Å². The van der Waals surface area contributed by atoms with Crippen LogP contribution in [0, 0.1) is 5.41 Å². The third kappa shape index (κ3) is 3.84. The summed E-state index contributed by atoms with van der Waals surface area (Å²) in [6, 6.07) is 14.5. The minimum Gasteiger partial charge on any atom is -0.497 e. The van der Waals surface area contributed by atoms with Gasteiger partial charge >= 0.3 is 0 Å². The molecule has 0 radical (unpaired) electrons. The molecule has 0 N–H and O–H groups in total. The van der Waals surface area contributed by atoms with E-state index in [4.69, 9.17) is 9.47 Å². The Morgan fingerprint density at radius 2 is 2.00 bits per heavy atom. The van der Waals surface area contributed by atoms with E-state index in [0.717, 1.165) is 63.9 Å². The van der Waals surface area contributed by atoms with Gasteiger partial charge in [-0.2, -0.15) is 0 Å². The van der Waals surface area contributed by atoms with Crippen LogP contribution < -0.4 is 9.64 Å². The molecule has 0 aliphatic carbocycles. The minimum atomic E-state index is 0.195. The highest BCUT2D eigenvalue weighted by molar-refractivity contribution is 5.40. The van der Waals surface area contributed by atoms with E-state index in [1.165, 1.54) is 5.56 Å². The molecule has 0 unspecified atom stereocenters. The number of benzene rings is 1. The van der Waals surface area contributed by atoms with E-state index in [0.29, 0.717) is 0 Å². The van der Waals surface area contributed by atoms with Crippen molar-refractivity contribution in [2.45, 2.75) is 13.0 Å². The van der Waals surface area contributed by atoms with E-state index >= 15 is 0 Å². The molecular formula is C21H27N3O2. The molecule has 1 spiro atoms. The monoisotopic (exact) mass is 353 g/mol. The molecule has 2 aromatic rings. The first-order chi connectivity index (χ1) is 12.8. The van der Waals surface area contributed by atoms with Gasteiger partial charge < -0.3 is 14.4 Å². The van der Waals surface area contributed by atoms with Crippen molar-refractivity contribution in [3.63, 3.8) is 0 Å². The lowest BCUT2D eigenvalue weighted by Crippen LogP contribution is -2.40. The molecular weight excluding hydrogens is 326 g/mol. The van der Waals surface area contributed by atoms with Crippen LogP contribution in [0.2, 0.25) is 0 Å². The SMILES string of the molecule is COc1ccc(CN2CCOC[C@]3(CCN(c4ccccn4)C3)C2)cc1. The van der Waals surface area contributed by atoms with Gasteiger partial charge in [0, 0.05) is 44.3 Å². The predicted molar refractivity (Wildman–Crippen MR) is 103 cm³/mol. The molecule has 5 heteroatoms. The van der Waals surface area contributed by atoms with E-state index in [9.17, 15) is 0 Å². The van der Waals surface area contributed by atoms with Crippen LogP contribution >= 0.6 is 0 Å². The quantitative estimate of drug-likeness (QED) is 0.845. The number of hydrogen-bond acceptors (Lipinski definition) is 5. The Labute approximate surface area is 155 Å². The highest BCUT2D eigenvalue weighted by Gasteiger charge is 2.41. The maximum atomic E-state index is 6.01. The maximum absolute atomic E-state index is 6.01. The molecule has 1 aromatic heterocycles. The molecule has 2 saturated heterocycles. The van der Waals surface area contributed by atoms with Crippen LogP contribution in [0.25, 0.3) is 0 Å². The Bertz CT molecular complexity index is 707. The Morgan fingerprint density at radius 3 is 2.77 bits per heavy atom. The number of anilines is 1. The van der Waals surface area contributed by atoms with Crippen LogP contribution in [0.1, 0.15) is 12.0 Å². The van der Waals surface area contributed by atoms with Gasteiger partial charge in [0.25, 0.3) is 0 Å². The van der Waals surface area contributed by atoms with Crippen LogP contribution in [0.4, 0.5) is 5.82 Å². The molecule has 4 rings (SSSR count). The molecule has 5 nitrogen and oxygen atoms in total. The summed E-state index contributed by atoms with van der Waals surface area (Å²) in [4.78, 5) is 9.47. The van der Waals surface area contributed by atoms with Crippen molar-refractivity contribution in [1.29, 1.82) is 0 Å². The number of nitrogens with zero attached hydrogens (tertiary/aromatic N) is 3. The zero-order valence-corrected chi connectivity index (χ0v) is 15.4. The van der Waals surface area contributed by atoms with Gasteiger partial charge in [-0.3, -0.25) is 4.90 Å². The summed E-state index contributed by atoms with van der Waals surface area (Å²) in [7, 11) is 1.71. The second-order valence-electron chi connectivity index (χ2n) is 7.47. The van der Waals surface area contributed by atoms with Crippen molar-refractivity contribution < 1.29 is 9.47 Å². The fourth-order valence-corrected chi connectivity index (χ4v) is 4.12. The molecule has 2 fully saturated rings. The van der Waals surface area contributed by atoms with Crippen molar-refractivity contribution >= 4 is 5.82 Å². The van der Waals surface area contributed by atoms with Gasteiger partial charge in [0.2, 0.25) is 0 Å². The number of aromatic nitrogens is 1. The average molecular weight is 353 g/mol. The highest BCUT2D eigenvalue weighted by atomic mass is 16.5. The third-order valence-corrected chi connectivity index (χ3v) is 5.50. The Hall–Kier alpha value is -2.11. The molecule has 0 bridgehead atoms. The summed E-state index contributed by atoms with van der Waals surface area (Å²) >= 11 is 0. The van der Waals surface area contributed by atoms with Gasteiger partial charge in [0.05, 0.1) is 20.3 Å². The summed E-state index contributed by atoms with van der Waals surface area (Å²) < 4.78 is 11.3. The van der Waals surface area contributed by atoms with Crippen LogP contribution in [0.3, 0.4) is 0 Å². The second-order valence-corrected chi connectivity index (χ2v) is 7.47. The Kier molecular flexibility index (Phi) is 5.09. The van der Waals surface area contributed by atoms with E-state index in [1.807, 2.05) is 24.4 Å². The lowest BCUT2D eigenvalue weighted by molar-refractivity contribution is 0.0798. The lowest BCUT2D eigenvalue weighted by atomic mass is 9.87. The molecule has 0 saturated carbocycles. The van der Waals surface area contributed by atoms with E-state index in [-0.39, 0.29) is 5.41 Å². The first-order valence-electron chi connectivity index (χ1n) is 9.35. The zero-order valence-electron chi connectivity index (χ0n) is 15.4. The molecule has 138 valence electrons. The summed E-state index contributed by atoms with van der Waals surface area (Å²) in [6.07, 6.45) is 3.03. The van der Waals surface area contributed by atoms with E-state index < -0.39 is 0 Å². The number of ether oxygens (including phenoxy) is 2. The molecule has 3 heterocycles. The maximum Gasteiger partial charge on any atom is 0.128 e. The van der Waals surface area contributed by atoms with Crippen molar-refractivity contribution in [3.05, 3.63) is 54.2 Å². The van der Waals surface area contributed by atoms with Crippen LogP contribution in [0.5, 0.6) is 5.75 Å². The molecule has 2 aliphatic heterocycles. The topological polar surface area (TPSA) is 37.8 Å². The van der Waals surface area contributed by atoms with E-state index in [2.05, 4.69) is 39.0 Å². The normalized spacial score (nSPS) is 24.0. The van der Waals surface area contributed by atoms with Gasteiger partial charge in [-0.05, 0) is 36.2 Å². The summed E-state index contributed by atoms with van der Waals surface area (Å²) in [5.41, 5.74) is 1.52. The molecule has 1 atom stereocenters. The molecule has 1 aromatic carbocycles. The van der Waals surface area contributed by atoms with Gasteiger partial charge in [-0.1, -0.05) is 18.2 Å². The van der Waals surface area contributed by atoms with Crippen LogP contribution in [-0.4, -0.2) is 56.4 Å². The number of methoxy groups -OCH3 is 1. The predicted octanol–water partition coefficient (Wildman–Crippen LogP) is 2.82.